The smallest absolute Gasteiger partial charge is 0.214 e. The van der Waals surface area contributed by atoms with E-state index in [1.54, 1.807) is 15.0 Å². The summed E-state index contributed by atoms with van der Waals surface area (Å²) >= 11 is 6.41. The lowest BCUT2D eigenvalue weighted by atomic mass is 10.0. The van der Waals surface area contributed by atoms with Gasteiger partial charge in [0.05, 0.1) is 11.4 Å². The van der Waals surface area contributed by atoms with E-state index in [9.17, 15) is 8.42 Å². The summed E-state index contributed by atoms with van der Waals surface area (Å²) in [7, 11) is -1.17. The third kappa shape index (κ3) is 4.19. The lowest BCUT2D eigenvalue weighted by molar-refractivity contribution is 0.329. The zero-order valence-corrected chi connectivity index (χ0v) is 18.7. The number of halogens is 1. The fourth-order valence-corrected chi connectivity index (χ4v) is 5.63. The van der Waals surface area contributed by atoms with Gasteiger partial charge in [0.2, 0.25) is 10.0 Å². The van der Waals surface area contributed by atoms with Crippen molar-refractivity contribution in [1.82, 2.24) is 18.9 Å². The first-order valence-electron chi connectivity index (χ1n) is 10.2. The van der Waals surface area contributed by atoms with E-state index in [4.69, 9.17) is 16.6 Å². The third-order valence-corrected chi connectivity index (χ3v) is 7.87. The molecule has 7 nitrogen and oxygen atoms in total. The SMILES string of the molecule is Bc1cnn2c(NC3CCN(S(=O)(=O)CCC)CC3)cc(-c3ccccc3Cl)nc12. The fraction of sp³-hybridized carbons (Fsp3) is 0.400. The van der Waals surface area contributed by atoms with Gasteiger partial charge in [0.15, 0.2) is 5.65 Å². The molecule has 0 amide bonds. The van der Waals surface area contributed by atoms with E-state index >= 15 is 0 Å². The van der Waals surface area contributed by atoms with E-state index in [1.807, 2.05) is 45.1 Å². The first-order chi connectivity index (χ1) is 14.4. The van der Waals surface area contributed by atoms with Crippen molar-refractivity contribution in [1.29, 1.82) is 0 Å². The maximum atomic E-state index is 12.3. The van der Waals surface area contributed by atoms with Crippen LogP contribution in [0, 0.1) is 0 Å². The van der Waals surface area contributed by atoms with Crippen LogP contribution in [0.4, 0.5) is 5.82 Å². The highest BCUT2D eigenvalue weighted by Crippen LogP contribution is 2.29. The molecular weight excluding hydrogens is 421 g/mol. The van der Waals surface area contributed by atoms with Crippen LogP contribution in [-0.2, 0) is 10.0 Å². The first-order valence-corrected chi connectivity index (χ1v) is 12.2. The summed E-state index contributed by atoms with van der Waals surface area (Å²) in [4.78, 5) is 4.77. The summed E-state index contributed by atoms with van der Waals surface area (Å²) in [6, 6.07) is 9.76. The lowest BCUT2D eigenvalue weighted by Gasteiger charge is -2.32. The van der Waals surface area contributed by atoms with Crippen molar-refractivity contribution in [2.24, 2.45) is 0 Å². The normalized spacial score (nSPS) is 16.2. The lowest BCUT2D eigenvalue weighted by Crippen LogP contribution is -2.43. The molecule has 1 aliphatic rings. The van der Waals surface area contributed by atoms with Gasteiger partial charge in [-0.05, 0) is 30.8 Å². The minimum atomic E-state index is -3.15. The molecule has 0 atom stereocenters. The number of benzene rings is 1. The van der Waals surface area contributed by atoms with Gasteiger partial charge in [-0.25, -0.2) is 17.7 Å². The fourth-order valence-electron chi connectivity index (χ4n) is 3.86. The molecule has 0 bridgehead atoms. The topological polar surface area (TPSA) is 79.6 Å². The van der Waals surface area contributed by atoms with Crippen molar-refractivity contribution in [3.05, 3.63) is 41.6 Å². The zero-order chi connectivity index (χ0) is 21.3. The highest BCUT2D eigenvalue weighted by Gasteiger charge is 2.27. The molecule has 3 aromatic rings. The number of hydrogen-bond acceptors (Lipinski definition) is 5. The summed E-state index contributed by atoms with van der Waals surface area (Å²) in [5, 5.41) is 8.68. The number of anilines is 1. The number of nitrogens with one attached hydrogen (secondary N) is 1. The molecule has 1 saturated heterocycles. The molecule has 0 aliphatic carbocycles. The number of fused-ring (bicyclic) bond motifs is 1. The van der Waals surface area contributed by atoms with Gasteiger partial charge in [-0.1, -0.05) is 36.7 Å². The molecule has 1 N–H and O–H groups in total. The van der Waals surface area contributed by atoms with E-state index < -0.39 is 10.0 Å². The van der Waals surface area contributed by atoms with Crippen molar-refractivity contribution in [3.63, 3.8) is 0 Å². The minimum Gasteiger partial charge on any atom is -0.367 e. The molecule has 1 fully saturated rings. The van der Waals surface area contributed by atoms with Crippen LogP contribution in [0.1, 0.15) is 26.2 Å². The van der Waals surface area contributed by atoms with E-state index in [0.29, 0.717) is 24.5 Å². The van der Waals surface area contributed by atoms with Gasteiger partial charge in [0.1, 0.15) is 13.7 Å². The minimum absolute atomic E-state index is 0.160. The standard InChI is InChI=1S/C20H25BClN5O2S/c1-2-11-30(28,29)26-9-7-14(8-10-26)24-19-12-18(15-5-3-4-6-17(15)22)25-20-16(21)13-23-27(19)20/h3-6,12-14,24H,2,7-11,21H2,1H3. The molecule has 158 valence electrons. The Labute approximate surface area is 182 Å². The first kappa shape index (κ1) is 21.1. The van der Waals surface area contributed by atoms with Crippen molar-refractivity contribution in [3.8, 4) is 11.3 Å². The van der Waals surface area contributed by atoms with Gasteiger partial charge >= 0.3 is 0 Å². The quantitative estimate of drug-likeness (QED) is 0.586. The Morgan fingerprint density at radius 1 is 1.27 bits per heavy atom. The van der Waals surface area contributed by atoms with Gasteiger partial charge in [-0.2, -0.15) is 9.61 Å². The Kier molecular flexibility index (Phi) is 6.04. The summed E-state index contributed by atoms with van der Waals surface area (Å²) in [5.74, 6) is 1.04. The van der Waals surface area contributed by atoms with Crippen LogP contribution in [0.15, 0.2) is 36.5 Å². The van der Waals surface area contributed by atoms with Gasteiger partial charge in [0.25, 0.3) is 0 Å². The zero-order valence-electron chi connectivity index (χ0n) is 17.2. The molecular formula is C20H25BClN5O2S. The van der Waals surface area contributed by atoms with Crippen molar-refractivity contribution < 1.29 is 8.42 Å². The average Bonchev–Trinajstić information content (AvgIpc) is 3.10. The predicted molar refractivity (Wildman–Crippen MR) is 124 cm³/mol. The number of rotatable bonds is 6. The van der Waals surface area contributed by atoms with Crippen molar-refractivity contribution in [2.45, 2.75) is 32.2 Å². The molecule has 3 heterocycles. The largest absolute Gasteiger partial charge is 0.367 e. The maximum absolute atomic E-state index is 12.3. The molecule has 2 aromatic heterocycles. The summed E-state index contributed by atoms with van der Waals surface area (Å²) in [5.41, 5.74) is 3.40. The number of aromatic nitrogens is 3. The molecule has 10 heteroatoms. The molecule has 4 rings (SSSR count). The molecule has 30 heavy (non-hydrogen) atoms. The number of sulfonamides is 1. The second kappa shape index (κ2) is 8.57. The maximum Gasteiger partial charge on any atom is 0.214 e. The van der Waals surface area contributed by atoms with Gasteiger partial charge in [0, 0.05) is 42.0 Å². The Hall–Kier alpha value is -2.10. The average molecular weight is 446 g/mol. The molecule has 1 aromatic carbocycles. The van der Waals surface area contributed by atoms with Crippen LogP contribution in [0.25, 0.3) is 16.9 Å². The van der Waals surface area contributed by atoms with Gasteiger partial charge < -0.3 is 5.32 Å². The Bertz CT molecular complexity index is 1160. The molecule has 0 radical (unpaired) electrons. The highest BCUT2D eigenvalue weighted by molar-refractivity contribution is 7.89. The van der Waals surface area contributed by atoms with Crippen LogP contribution in [-0.4, -0.2) is 60.1 Å². The van der Waals surface area contributed by atoms with E-state index in [-0.39, 0.29) is 11.8 Å². The molecule has 0 unspecified atom stereocenters. The Balaban J connectivity index is 1.60. The second-order valence-corrected chi connectivity index (χ2v) is 10.2. The van der Waals surface area contributed by atoms with Crippen molar-refractivity contribution in [2.75, 3.05) is 24.2 Å². The third-order valence-electron chi connectivity index (χ3n) is 5.46. The van der Waals surface area contributed by atoms with Crippen LogP contribution in [0.5, 0.6) is 0 Å². The van der Waals surface area contributed by atoms with Crippen LogP contribution < -0.4 is 10.8 Å². The summed E-state index contributed by atoms with van der Waals surface area (Å²) in [6.45, 7) is 2.96. The Morgan fingerprint density at radius 3 is 2.70 bits per heavy atom. The molecule has 0 saturated carbocycles. The highest BCUT2D eigenvalue weighted by atomic mass is 35.5. The van der Waals surface area contributed by atoms with E-state index in [2.05, 4.69) is 10.4 Å². The van der Waals surface area contributed by atoms with Crippen molar-refractivity contribution >= 4 is 46.4 Å². The van der Waals surface area contributed by atoms with E-state index in [1.165, 1.54) is 0 Å². The molecule has 0 spiro atoms. The number of hydrogen-bond donors (Lipinski definition) is 1. The molecule has 1 aliphatic heterocycles. The monoisotopic (exact) mass is 445 g/mol. The number of nitrogens with zero attached hydrogens (tertiary/aromatic N) is 4. The van der Waals surface area contributed by atoms with Crippen LogP contribution in [0.2, 0.25) is 5.02 Å². The number of piperidine rings is 1. The van der Waals surface area contributed by atoms with Gasteiger partial charge in [-0.3, -0.25) is 0 Å². The van der Waals surface area contributed by atoms with Gasteiger partial charge in [-0.15, -0.1) is 0 Å². The summed E-state index contributed by atoms with van der Waals surface area (Å²) in [6.07, 6.45) is 3.92. The van der Waals surface area contributed by atoms with Crippen LogP contribution in [0.3, 0.4) is 0 Å². The van der Waals surface area contributed by atoms with Crippen LogP contribution >= 0.6 is 11.6 Å². The van der Waals surface area contributed by atoms with E-state index in [0.717, 1.165) is 41.0 Å². The summed E-state index contributed by atoms with van der Waals surface area (Å²) < 4.78 is 28.1. The Morgan fingerprint density at radius 2 is 2.00 bits per heavy atom. The predicted octanol–water partition coefficient (Wildman–Crippen LogP) is 1.92. The second-order valence-electron chi connectivity index (χ2n) is 7.70.